The van der Waals surface area contributed by atoms with Crippen molar-refractivity contribution in [2.45, 2.75) is 45.6 Å². The molecule has 0 bridgehead atoms. The van der Waals surface area contributed by atoms with Crippen molar-refractivity contribution in [1.29, 1.82) is 0 Å². The number of rotatable bonds is 4. The first-order chi connectivity index (χ1) is 7.31. The molecule has 0 unspecified atom stereocenters. The smallest absolute Gasteiger partial charge is 0.0326 e. The molecule has 1 aromatic rings. The molecular formula is C14H21N. The Bertz CT molecular complexity index is 330. The van der Waals surface area contributed by atoms with Crippen LogP contribution in [0.5, 0.6) is 0 Å². The zero-order valence-electron chi connectivity index (χ0n) is 9.84. The number of aryl methyl sites for hydroxylation is 2. The van der Waals surface area contributed by atoms with E-state index in [2.05, 4.69) is 37.4 Å². The molecule has 0 amide bonds. The monoisotopic (exact) mass is 203 g/mol. The Hall–Kier alpha value is -0.820. The van der Waals surface area contributed by atoms with Crippen molar-refractivity contribution in [3.05, 3.63) is 34.9 Å². The van der Waals surface area contributed by atoms with E-state index in [1.807, 2.05) is 0 Å². The third-order valence-corrected chi connectivity index (χ3v) is 3.30. The molecule has 0 saturated heterocycles. The summed E-state index contributed by atoms with van der Waals surface area (Å²) >= 11 is 0. The summed E-state index contributed by atoms with van der Waals surface area (Å²) < 4.78 is 0. The van der Waals surface area contributed by atoms with Crippen LogP contribution < -0.4 is 5.32 Å². The van der Waals surface area contributed by atoms with E-state index in [9.17, 15) is 0 Å². The first-order valence-electron chi connectivity index (χ1n) is 6.14. The molecule has 1 heteroatoms. The van der Waals surface area contributed by atoms with Crippen LogP contribution in [0.2, 0.25) is 0 Å². The van der Waals surface area contributed by atoms with E-state index in [1.165, 1.54) is 31.2 Å². The van der Waals surface area contributed by atoms with E-state index >= 15 is 0 Å². The topological polar surface area (TPSA) is 12.0 Å². The number of fused-ring (bicyclic) bond motifs is 1. The predicted octanol–water partition coefficient (Wildman–Crippen LogP) is 3.37. The van der Waals surface area contributed by atoms with Gasteiger partial charge in [-0.25, -0.2) is 0 Å². The minimum absolute atomic E-state index is 0.617. The lowest BCUT2D eigenvalue weighted by Gasteiger charge is -2.14. The zero-order valence-corrected chi connectivity index (χ0v) is 9.84. The fraction of sp³-hybridized carbons (Fsp3) is 0.571. The first-order valence-corrected chi connectivity index (χ1v) is 6.14. The van der Waals surface area contributed by atoms with Crippen LogP contribution in [-0.4, -0.2) is 6.54 Å². The normalized spacial score (nSPS) is 19.2. The molecule has 0 aliphatic heterocycles. The van der Waals surface area contributed by atoms with Crippen molar-refractivity contribution in [1.82, 2.24) is 5.32 Å². The highest BCUT2D eigenvalue weighted by molar-refractivity contribution is 5.37. The van der Waals surface area contributed by atoms with Gasteiger partial charge < -0.3 is 5.32 Å². The molecule has 0 aromatic heterocycles. The standard InChI is InChI=1S/C14H21N/c1-3-4-9-15-14-8-7-12-6-5-11(2)10-13(12)14/h5-6,10,14-15H,3-4,7-9H2,1-2H3/t14-/m0/s1. The molecule has 0 heterocycles. The minimum atomic E-state index is 0.617. The van der Waals surface area contributed by atoms with Gasteiger partial charge in [0.2, 0.25) is 0 Å². The van der Waals surface area contributed by atoms with Gasteiger partial charge in [0.15, 0.2) is 0 Å². The van der Waals surface area contributed by atoms with Crippen LogP contribution in [0.25, 0.3) is 0 Å². The Morgan fingerprint density at radius 1 is 1.40 bits per heavy atom. The van der Waals surface area contributed by atoms with Crippen LogP contribution >= 0.6 is 0 Å². The molecule has 1 aliphatic carbocycles. The van der Waals surface area contributed by atoms with Gasteiger partial charge in [-0.15, -0.1) is 0 Å². The van der Waals surface area contributed by atoms with Gasteiger partial charge in [0.05, 0.1) is 0 Å². The van der Waals surface area contributed by atoms with Gasteiger partial charge in [-0.1, -0.05) is 37.1 Å². The van der Waals surface area contributed by atoms with Crippen molar-refractivity contribution in [3.63, 3.8) is 0 Å². The molecule has 1 aromatic carbocycles. The molecule has 2 rings (SSSR count). The Morgan fingerprint density at radius 2 is 2.27 bits per heavy atom. The third-order valence-electron chi connectivity index (χ3n) is 3.30. The number of hydrogen-bond donors (Lipinski definition) is 1. The molecule has 1 aliphatic rings. The molecule has 0 fully saturated rings. The molecule has 15 heavy (non-hydrogen) atoms. The molecule has 1 nitrogen and oxygen atoms in total. The summed E-state index contributed by atoms with van der Waals surface area (Å²) in [5, 5.41) is 3.67. The summed E-state index contributed by atoms with van der Waals surface area (Å²) in [5.41, 5.74) is 4.48. The van der Waals surface area contributed by atoms with Crippen LogP contribution in [0, 0.1) is 6.92 Å². The Labute approximate surface area is 92.9 Å². The van der Waals surface area contributed by atoms with Gasteiger partial charge in [-0.3, -0.25) is 0 Å². The summed E-state index contributed by atoms with van der Waals surface area (Å²) in [5.74, 6) is 0. The minimum Gasteiger partial charge on any atom is -0.310 e. The number of hydrogen-bond acceptors (Lipinski definition) is 1. The lowest BCUT2D eigenvalue weighted by molar-refractivity contribution is 0.518. The highest BCUT2D eigenvalue weighted by Gasteiger charge is 2.21. The van der Waals surface area contributed by atoms with Gasteiger partial charge in [0, 0.05) is 6.04 Å². The van der Waals surface area contributed by atoms with Crippen LogP contribution in [0.15, 0.2) is 18.2 Å². The average Bonchev–Trinajstić information content (AvgIpc) is 2.62. The van der Waals surface area contributed by atoms with Crippen molar-refractivity contribution in [3.8, 4) is 0 Å². The Kier molecular flexibility index (Phi) is 3.42. The van der Waals surface area contributed by atoms with Crippen LogP contribution in [0.3, 0.4) is 0 Å². The Balaban J connectivity index is 2.03. The quantitative estimate of drug-likeness (QED) is 0.740. The van der Waals surface area contributed by atoms with E-state index in [1.54, 1.807) is 11.1 Å². The summed E-state index contributed by atoms with van der Waals surface area (Å²) in [4.78, 5) is 0. The molecule has 0 saturated carbocycles. The first kappa shape index (κ1) is 10.7. The second-order valence-corrected chi connectivity index (χ2v) is 4.60. The fourth-order valence-corrected chi connectivity index (χ4v) is 2.39. The van der Waals surface area contributed by atoms with Gasteiger partial charge in [-0.05, 0) is 43.9 Å². The second kappa shape index (κ2) is 4.80. The summed E-state index contributed by atoms with van der Waals surface area (Å²) in [6, 6.07) is 7.50. The van der Waals surface area contributed by atoms with Gasteiger partial charge in [0.25, 0.3) is 0 Å². The summed E-state index contributed by atoms with van der Waals surface area (Å²) in [6.45, 7) is 5.59. The van der Waals surface area contributed by atoms with Gasteiger partial charge in [-0.2, -0.15) is 0 Å². The molecule has 0 spiro atoms. The average molecular weight is 203 g/mol. The maximum Gasteiger partial charge on any atom is 0.0326 e. The number of nitrogens with one attached hydrogen (secondary N) is 1. The van der Waals surface area contributed by atoms with Gasteiger partial charge in [0.1, 0.15) is 0 Å². The van der Waals surface area contributed by atoms with E-state index < -0.39 is 0 Å². The fourth-order valence-electron chi connectivity index (χ4n) is 2.39. The lowest BCUT2D eigenvalue weighted by atomic mass is 10.1. The highest BCUT2D eigenvalue weighted by atomic mass is 14.9. The van der Waals surface area contributed by atoms with E-state index in [-0.39, 0.29) is 0 Å². The number of unbranched alkanes of at least 4 members (excludes halogenated alkanes) is 1. The largest absolute Gasteiger partial charge is 0.310 e. The second-order valence-electron chi connectivity index (χ2n) is 4.60. The van der Waals surface area contributed by atoms with Crippen LogP contribution in [0.4, 0.5) is 0 Å². The van der Waals surface area contributed by atoms with E-state index in [4.69, 9.17) is 0 Å². The highest BCUT2D eigenvalue weighted by Crippen LogP contribution is 2.31. The van der Waals surface area contributed by atoms with E-state index in [0.29, 0.717) is 6.04 Å². The summed E-state index contributed by atoms with van der Waals surface area (Å²) in [6.07, 6.45) is 5.10. The SMILES string of the molecule is CCCCN[C@H]1CCc2ccc(C)cc21. The van der Waals surface area contributed by atoms with Crippen molar-refractivity contribution < 1.29 is 0 Å². The maximum absolute atomic E-state index is 3.67. The molecular weight excluding hydrogens is 182 g/mol. The predicted molar refractivity (Wildman–Crippen MR) is 65.2 cm³/mol. The summed E-state index contributed by atoms with van der Waals surface area (Å²) in [7, 11) is 0. The van der Waals surface area contributed by atoms with E-state index in [0.717, 1.165) is 6.54 Å². The lowest BCUT2D eigenvalue weighted by Crippen LogP contribution is -2.20. The maximum atomic E-state index is 3.67. The van der Waals surface area contributed by atoms with Crippen molar-refractivity contribution >= 4 is 0 Å². The molecule has 0 radical (unpaired) electrons. The zero-order chi connectivity index (χ0) is 10.7. The third kappa shape index (κ3) is 2.40. The Morgan fingerprint density at radius 3 is 3.07 bits per heavy atom. The van der Waals surface area contributed by atoms with Crippen molar-refractivity contribution in [2.75, 3.05) is 6.54 Å². The molecule has 1 N–H and O–H groups in total. The number of benzene rings is 1. The van der Waals surface area contributed by atoms with Crippen molar-refractivity contribution in [2.24, 2.45) is 0 Å². The molecule has 1 atom stereocenters. The molecule has 82 valence electrons. The van der Waals surface area contributed by atoms with Crippen LogP contribution in [0.1, 0.15) is 48.9 Å². The van der Waals surface area contributed by atoms with Crippen LogP contribution in [-0.2, 0) is 6.42 Å². The van der Waals surface area contributed by atoms with Gasteiger partial charge >= 0.3 is 0 Å².